The van der Waals surface area contributed by atoms with Crippen LogP contribution >= 0.6 is 13.5 Å². The molecule has 2 rings (SSSR count). The topological polar surface area (TPSA) is 0 Å². The highest BCUT2D eigenvalue weighted by Gasteiger charge is 2.02. The van der Waals surface area contributed by atoms with E-state index in [1.54, 1.807) is 0 Å². The predicted molar refractivity (Wildman–Crippen MR) is 68.4 cm³/mol. The first-order valence-electron chi connectivity index (χ1n) is 4.76. The van der Waals surface area contributed by atoms with Crippen LogP contribution in [0.3, 0.4) is 0 Å². The van der Waals surface area contributed by atoms with Gasteiger partial charge in [0.05, 0.1) is 0 Å². The monoisotopic (exact) mass is 204 g/mol. The van der Waals surface area contributed by atoms with Crippen LogP contribution in [-0.4, -0.2) is 0 Å². The SMILES string of the molecule is CC(C)c1cccc2ccccc12.S. The Bertz CT molecular complexity index is 413. The summed E-state index contributed by atoms with van der Waals surface area (Å²) in [4.78, 5) is 0. The van der Waals surface area contributed by atoms with Crippen molar-refractivity contribution in [1.29, 1.82) is 0 Å². The maximum Gasteiger partial charge on any atom is -0.0149 e. The summed E-state index contributed by atoms with van der Waals surface area (Å²) >= 11 is 0. The van der Waals surface area contributed by atoms with Gasteiger partial charge in [-0.1, -0.05) is 56.3 Å². The number of hydrogen-bond acceptors (Lipinski definition) is 0. The van der Waals surface area contributed by atoms with Crippen LogP contribution in [0.5, 0.6) is 0 Å². The highest BCUT2D eigenvalue weighted by molar-refractivity contribution is 7.59. The number of hydrogen-bond donors (Lipinski definition) is 0. The molecule has 0 aliphatic heterocycles. The Morgan fingerprint density at radius 1 is 0.857 bits per heavy atom. The lowest BCUT2D eigenvalue weighted by Gasteiger charge is -2.08. The lowest BCUT2D eigenvalue weighted by molar-refractivity contribution is 0.876. The molecule has 0 saturated carbocycles. The molecule has 0 radical (unpaired) electrons. The minimum Gasteiger partial charge on any atom is -0.197 e. The molecule has 0 heterocycles. The summed E-state index contributed by atoms with van der Waals surface area (Å²) in [6.07, 6.45) is 0. The molecular weight excluding hydrogens is 188 g/mol. The summed E-state index contributed by atoms with van der Waals surface area (Å²) in [7, 11) is 0. The maximum atomic E-state index is 2.24. The van der Waals surface area contributed by atoms with E-state index in [-0.39, 0.29) is 13.5 Å². The van der Waals surface area contributed by atoms with E-state index in [4.69, 9.17) is 0 Å². The van der Waals surface area contributed by atoms with Crippen LogP contribution in [0, 0.1) is 0 Å². The Morgan fingerprint density at radius 2 is 1.50 bits per heavy atom. The Morgan fingerprint density at radius 3 is 2.21 bits per heavy atom. The van der Waals surface area contributed by atoms with Gasteiger partial charge in [-0.25, -0.2) is 0 Å². The Labute approximate surface area is 92.4 Å². The van der Waals surface area contributed by atoms with E-state index < -0.39 is 0 Å². The van der Waals surface area contributed by atoms with Gasteiger partial charge < -0.3 is 0 Å². The van der Waals surface area contributed by atoms with Gasteiger partial charge in [-0.05, 0) is 22.3 Å². The van der Waals surface area contributed by atoms with Crippen molar-refractivity contribution in [2.45, 2.75) is 19.8 Å². The zero-order chi connectivity index (χ0) is 9.26. The van der Waals surface area contributed by atoms with Crippen molar-refractivity contribution in [3.63, 3.8) is 0 Å². The normalized spacial score (nSPS) is 10.2. The molecule has 1 heteroatoms. The summed E-state index contributed by atoms with van der Waals surface area (Å²) in [6.45, 7) is 4.48. The molecule has 0 bridgehead atoms. The lowest BCUT2D eigenvalue weighted by atomic mass is 9.96. The van der Waals surface area contributed by atoms with Crippen LogP contribution in [0.25, 0.3) is 10.8 Å². The second kappa shape index (κ2) is 4.52. The minimum atomic E-state index is 0. The van der Waals surface area contributed by atoms with Gasteiger partial charge in [-0.3, -0.25) is 0 Å². The molecule has 0 amide bonds. The van der Waals surface area contributed by atoms with Gasteiger partial charge in [0, 0.05) is 0 Å². The van der Waals surface area contributed by atoms with Crippen molar-refractivity contribution in [2.24, 2.45) is 0 Å². The molecular formula is C13H16S. The van der Waals surface area contributed by atoms with Crippen molar-refractivity contribution in [2.75, 3.05) is 0 Å². The smallest absolute Gasteiger partial charge is 0.0149 e. The van der Waals surface area contributed by atoms with Crippen molar-refractivity contribution >= 4 is 24.3 Å². The highest BCUT2D eigenvalue weighted by atomic mass is 32.1. The molecule has 0 aliphatic carbocycles. The first-order valence-corrected chi connectivity index (χ1v) is 4.76. The molecule has 0 N–H and O–H groups in total. The fourth-order valence-corrected chi connectivity index (χ4v) is 1.75. The molecule has 0 unspecified atom stereocenters. The molecule has 0 nitrogen and oxygen atoms in total. The Kier molecular flexibility index (Phi) is 3.59. The third kappa shape index (κ3) is 1.93. The van der Waals surface area contributed by atoms with E-state index in [2.05, 4.69) is 56.3 Å². The van der Waals surface area contributed by atoms with E-state index in [0.29, 0.717) is 5.92 Å². The average Bonchev–Trinajstić information content (AvgIpc) is 2.17. The van der Waals surface area contributed by atoms with Crippen molar-refractivity contribution < 1.29 is 0 Å². The molecule has 0 saturated heterocycles. The van der Waals surface area contributed by atoms with Crippen LogP contribution < -0.4 is 0 Å². The fraction of sp³-hybridized carbons (Fsp3) is 0.231. The van der Waals surface area contributed by atoms with E-state index in [1.165, 1.54) is 16.3 Å². The van der Waals surface area contributed by atoms with Crippen molar-refractivity contribution in [3.8, 4) is 0 Å². The molecule has 0 aliphatic rings. The van der Waals surface area contributed by atoms with Gasteiger partial charge in [0.25, 0.3) is 0 Å². The number of fused-ring (bicyclic) bond motifs is 1. The van der Waals surface area contributed by atoms with Crippen LogP contribution in [0.15, 0.2) is 42.5 Å². The van der Waals surface area contributed by atoms with Crippen LogP contribution in [-0.2, 0) is 0 Å². The first kappa shape index (κ1) is 11.1. The zero-order valence-corrected chi connectivity index (χ0v) is 9.62. The Hall–Kier alpha value is -0.950. The van der Waals surface area contributed by atoms with E-state index >= 15 is 0 Å². The molecule has 0 fully saturated rings. The van der Waals surface area contributed by atoms with Crippen LogP contribution in [0.1, 0.15) is 25.3 Å². The predicted octanol–water partition coefficient (Wildman–Crippen LogP) is 4.08. The Balaban J connectivity index is 0.000000980. The summed E-state index contributed by atoms with van der Waals surface area (Å²) in [6, 6.07) is 15.1. The largest absolute Gasteiger partial charge is 0.197 e. The molecule has 0 aromatic heterocycles. The summed E-state index contributed by atoms with van der Waals surface area (Å²) in [5.74, 6) is 0.603. The van der Waals surface area contributed by atoms with Gasteiger partial charge in [0.2, 0.25) is 0 Å². The van der Waals surface area contributed by atoms with E-state index in [0.717, 1.165) is 0 Å². The average molecular weight is 204 g/mol. The molecule has 14 heavy (non-hydrogen) atoms. The molecule has 2 aromatic carbocycles. The summed E-state index contributed by atoms with van der Waals surface area (Å²) in [5.41, 5.74) is 1.44. The quantitative estimate of drug-likeness (QED) is 0.656. The maximum absolute atomic E-state index is 2.24. The van der Waals surface area contributed by atoms with Gasteiger partial charge in [0.1, 0.15) is 0 Å². The van der Waals surface area contributed by atoms with Gasteiger partial charge in [-0.15, -0.1) is 0 Å². The second-order valence-electron chi connectivity index (χ2n) is 3.72. The molecule has 2 aromatic rings. The molecule has 0 spiro atoms. The van der Waals surface area contributed by atoms with Gasteiger partial charge >= 0.3 is 0 Å². The summed E-state index contributed by atoms with van der Waals surface area (Å²) < 4.78 is 0. The number of rotatable bonds is 1. The van der Waals surface area contributed by atoms with Crippen molar-refractivity contribution in [1.82, 2.24) is 0 Å². The first-order chi connectivity index (χ1) is 6.29. The zero-order valence-electron chi connectivity index (χ0n) is 8.62. The van der Waals surface area contributed by atoms with Crippen molar-refractivity contribution in [3.05, 3.63) is 48.0 Å². The lowest BCUT2D eigenvalue weighted by Crippen LogP contribution is -1.88. The fourth-order valence-electron chi connectivity index (χ4n) is 1.75. The van der Waals surface area contributed by atoms with E-state index in [1.807, 2.05) is 0 Å². The van der Waals surface area contributed by atoms with Gasteiger partial charge in [-0.2, -0.15) is 13.5 Å². The number of benzene rings is 2. The second-order valence-corrected chi connectivity index (χ2v) is 3.72. The van der Waals surface area contributed by atoms with Crippen LogP contribution in [0.2, 0.25) is 0 Å². The third-order valence-electron chi connectivity index (χ3n) is 2.45. The standard InChI is InChI=1S/C13H14.H2S/c1-10(2)12-9-5-7-11-6-3-4-8-13(11)12;/h3-10H,1-2H3;1H2. The molecule has 74 valence electrons. The van der Waals surface area contributed by atoms with E-state index in [9.17, 15) is 0 Å². The summed E-state index contributed by atoms with van der Waals surface area (Å²) in [5, 5.41) is 2.73. The van der Waals surface area contributed by atoms with Gasteiger partial charge in [0.15, 0.2) is 0 Å². The van der Waals surface area contributed by atoms with Crippen LogP contribution in [0.4, 0.5) is 0 Å². The molecule has 0 atom stereocenters. The minimum absolute atomic E-state index is 0. The third-order valence-corrected chi connectivity index (χ3v) is 2.45. The highest BCUT2D eigenvalue weighted by Crippen LogP contribution is 2.24.